The van der Waals surface area contributed by atoms with E-state index >= 15 is 0 Å². The number of sulfonamides is 1. The number of carbonyl (C=O) groups is 4. The molecule has 2 rings (SSSR count). The molecule has 0 aliphatic rings. The molecule has 1 aromatic carbocycles. The van der Waals surface area contributed by atoms with Crippen molar-refractivity contribution in [2.24, 2.45) is 0 Å². The van der Waals surface area contributed by atoms with Crippen LogP contribution in [0.1, 0.15) is 16.1 Å². The van der Waals surface area contributed by atoms with Gasteiger partial charge in [-0.25, -0.2) is 8.42 Å². The fourth-order valence-electron chi connectivity index (χ4n) is 2.30. The van der Waals surface area contributed by atoms with E-state index < -0.39 is 46.7 Å². The van der Waals surface area contributed by atoms with Gasteiger partial charge in [-0.15, -0.1) is 0 Å². The lowest BCUT2D eigenvalue weighted by Crippen LogP contribution is -2.50. The standard InChI is InChI=1S/C19H23N5O7S/c1-13-5-7-14(8-6-13)32(29,30)24(2)12-18(27)23-22-17(26)11-20-16(25)10-21-19(28)15-4-3-9-31-15/h3-9H,10-12H2,1-2H3,(H,20,25)(H,21,28)(H,22,26)(H,23,27). The molecule has 0 spiro atoms. The Morgan fingerprint density at radius 2 is 1.53 bits per heavy atom. The number of furan rings is 1. The largest absolute Gasteiger partial charge is 0.459 e. The average Bonchev–Trinajstić information content (AvgIpc) is 3.30. The summed E-state index contributed by atoms with van der Waals surface area (Å²) in [7, 11) is -2.65. The van der Waals surface area contributed by atoms with Crippen molar-refractivity contribution in [3.8, 4) is 0 Å². The molecular weight excluding hydrogens is 442 g/mol. The molecule has 0 saturated carbocycles. The van der Waals surface area contributed by atoms with E-state index in [4.69, 9.17) is 4.42 Å². The zero-order valence-corrected chi connectivity index (χ0v) is 18.2. The Balaban J connectivity index is 1.69. The van der Waals surface area contributed by atoms with Gasteiger partial charge in [-0.3, -0.25) is 30.0 Å². The van der Waals surface area contributed by atoms with E-state index in [1.54, 1.807) is 12.1 Å². The molecule has 0 saturated heterocycles. The number of aryl methyl sites for hydroxylation is 1. The van der Waals surface area contributed by atoms with Crippen LogP contribution in [0.3, 0.4) is 0 Å². The van der Waals surface area contributed by atoms with E-state index in [9.17, 15) is 27.6 Å². The number of hydrazine groups is 1. The molecule has 12 nitrogen and oxygen atoms in total. The number of nitrogens with zero attached hydrogens (tertiary/aromatic N) is 1. The van der Waals surface area contributed by atoms with E-state index in [1.807, 2.05) is 6.92 Å². The maximum atomic E-state index is 12.5. The van der Waals surface area contributed by atoms with Crippen molar-refractivity contribution >= 4 is 33.7 Å². The molecule has 2 aromatic rings. The molecule has 4 amide bonds. The molecule has 0 aliphatic heterocycles. The van der Waals surface area contributed by atoms with E-state index in [0.29, 0.717) is 0 Å². The summed E-state index contributed by atoms with van der Waals surface area (Å²) in [6, 6.07) is 9.08. The van der Waals surface area contributed by atoms with Crippen molar-refractivity contribution in [2.75, 3.05) is 26.7 Å². The predicted molar refractivity (Wildman–Crippen MR) is 111 cm³/mol. The smallest absolute Gasteiger partial charge is 0.287 e. The zero-order chi connectivity index (χ0) is 23.7. The lowest BCUT2D eigenvalue weighted by molar-refractivity contribution is -0.129. The van der Waals surface area contributed by atoms with Gasteiger partial charge < -0.3 is 15.1 Å². The number of likely N-dealkylation sites (N-methyl/N-ethyl adjacent to an activating group) is 1. The van der Waals surface area contributed by atoms with Gasteiger partial charge in [-0.2, -0.15) is 4.31 Å². The SMILES string of the molecule is Cc1ccc(S(=O)(=O)N(C)CC(=O)NNC(=O)CNC(=O)CNC(=O)c2ccco2)cc1. The summed E-state index contributed by atoms with van der Waals surface area (Å²) in [6.45, 7) is 0.408. The van der Waals surface area contributed by atoms with Crippen LogP contribution in [0, 0.1) is 6.92 Å². The lowest BCUT2D eigenvalue weighted by atomic mass is 10.2. The van der Waals surface area contributed by atoms with Crippen LogP contribution >= 0.6 is 0 Å². The molecule has 32 heavy (non-hydrogen) atoms. The van der Waals surface area contributed by atoms with Crippen molar-refractivity contribution in [1.82, 2.24) is 25.8 Å². The summed E-state index contributed by atoms with van der Waals surface area (Å²) >= 11 is 0. The van der Waals surface area contributed by atoms with E-state index in [2.05, 4.69) is 21.5 Å². The van der Waals surface area contributed by atoms with Crippen molar-refractivity contribution < 1.29 is 32.0 Å². The molecule has 0 atom stereocenters. The van der Waals surface area contributed by atoms with Crippen LogP contribution < -0.4 is 21.5 Å². The summed E-state index contributed by atoms with van der Waals surface area (Å²) in [5.74, 6) is -2.74. The Morgan fingerprint density at radius 3 is 2.16 bits per heavy atom. The molecule has 0 aliphatic carbocycles. The van der Waals surface area contributed by atoms with Gasteiger partial charge in [-0.1, -0.05) is 17.7 Å². The molecule has 0 bridgehead atoms. The third-order valence-electron chi connectivity index (χ3n) is 4.04. The minimum Gasteiger partial charge on any atom is -0.459 e. The van der Waals surface area contributed by atoms with Crippen molar-refractivity contribution in [1.29, 1.82) is 0 Å². The van der Waals surface area contributed by atoms with E-state index in [1.165, 1.54) is 37.6 Å². The Labute approximate surface area is 184 Å². The van der Waals surface area contributed by atoms with Crippen LogP contribution in [0.2, 0.25) is 0 Å². The minimum absolute atomic E-state index is 0.0317. The first-order valence-corrected chi connectivity index (χ1v) is 10.7. The van der Waals surface area contributed by atoms with Gasteiger partial charge in [0.15, 0.2) is 5.76 Å². The predicted octanol–water partition coefficient (Wildman–Crippen LogP) is -1.10. The van der Waals surface area contributed by atoms with E-state index in [-0.39, 0.29) is 17.2 Å². The molecule has 0 radical (unpaired) electrons. The third-order valence-corrected chi connectivity index (χ3v) is 5.85. The van der Waals surface area contributed by atoms with E-state index in [0.717, 1.165) is 9.87 Å². The molecule has 1 heterocycles. The Morgan fingerprint density at radius 1 is 0.906 bits per heavy atom. The number of rotatable bonds is 9. The van der Waals surface area contributed by atoms with Gasteiger partial charge in [0, 0.05) is 7.05 Å². The van der Waals surface area contributed by atoms with Crippen LogP contribution in [-0.2, 0) is 24.4 Å². The fourth-order valence-corrected chi connectivity index (χ4v) is 3.42. The van der Waals surface area contributed by atoms with Crippen LogP contribution in [0.5, 0.6) is 0 Å². The topological polar surface area (TPSA) is 167 Å². The molecule has 172 valence electrons. The Hall–Kier alpha value is -3.71. The molecule has 1 aromatic heterocycles. The maximum Gasteiger partial charge on any atom is 0.287 e. The quantitative estimate of drug-likeness (QED) is 0.341. The highest BCUT2D eigenvalue weighted by Gasteiger charge is 2.23. The molecule has 0 unspecified atom stereocenters. The number of amides is 4. The second-order valence-corrected chi connectivity index (χ2v) is 8.65. The Kier molecular flexibility index (Phi) is 8.49. The van der Waals surface area contributed by atoms with Gasteiger partial charge in [-0.05, 0) is 31.2 Å². The Bertz CT molecular complexity index is 1070. The monoisotopic (exact) mass is 465 g/mol. The van der Waals surface area contributed by atoms with Gasteiger partial charge >= 0.3 is 0 Å². The number of hydrogen-bond acceptors (Lipinski definition) is 7. The molecule has 13 heteroatoms. The van der Waals surface area contributed by atoms with Crippen LogP contribution in [0.4, 0.5) is 0 Å². The first kappa shape index (κ1) is 24.6. The lowest BCUT2D eigenvalue weighted by Gasteiger charge is -2.17. The summed E-state index contributed by atoms with van der Waals surface area (Å²) < 4.78 is 30.6. The number of nitrogens with one attached hydrogen (secondary N) is 4. The van der Waals surface area contributed by atoms with Crippen LogP contribution in [0.15, 0.2) is 52.0 Å². The van der Waals surface area contributed by atoms with Gasteiger partial charge in [0.05, 0.1) is 30.8 Å². The highest BCUT2D eigenvalue weighted by Crippen LogP contribution is 2.14. The highest BCUT2D eigenvalue weighted by molar-refractivity contribution is 7.89. The summed E-state index contributed by atoms with van der Waals surface area (Å²) in [5, 5.41) is 4.55. The second-order valence-electron chi connectivity index (χ2n) is 6.61. The van der Waals surface area contributed by atoms with Gasteiger partial charge in [0.1, 0.15) is 0 Å². The van der Waals surface area contributed by atoms with Crippen LogP contribution in [0.25, 0.3) is 0 Å². The van der Waals surface area contributed by atoms with Crippen molar-refractivity contribution in [3.05, 3.63) is 54.0 Å². The minimum atomic E-state index is -3.88. The summed E-state index contributed by atoms with van der Waals surface area (Å²) in [4.78, 5) is 47.0. The normalized spacial score (nSPS) is 11.0. The maximum absolute atomic E-state index is 12.5. The van der Waals surface area contributed by atoms with Gasteiger partial charge in [0.25, 0.3) is 17.7 Å². The third kappa shape index (κ3) is 7.21. The van der Waals surface area contributed by atoms with Crippen LogP contribution in [-0.4, -0.2) is 63.0 Å². The van der Waals surface area contributed by atoms with Crippen molar-refractivity contribution in [3.63, 3.8) is 0 Å². The summed E-state index contributed by atoms with van der Waals surface area (Å²) in [5.41, 5.74) is 5.00. The molecule has 4 N–H and O–H groups in total. The zero-order valence-electron chi connectivity index (χ0n) is 17.4. The number of carbonyl (C=O) groups excluding carboxylic acids is 4. The van der Waals surface area contributed by atoms with Gasteiger partial charge in [0.2, 0.25) is 15.9 Å². The second kappa shape index (κ2) is 11.1. The first-order chi connectivity index (χ1) is 15.1. The van der Waals surface area contributed by atoms with Crippen molar-refractivity contribution in [2.45, 2.75) is 11.8 Å². The highest BCUT2D eigenvalue weighted by atomic mass is 32.2. The summed E-state index contributed by atoms with van der Waals surface area (Å²) in [6.07, 6.45) is 1.31. The molecule has 0 fully saturated rings. The number of hydrogen-bond donors (Lipinski definition) is 4. The first-order valence-electron chi connectivity index (χ1n) is 9.28. The average molecular weight is 465 g/mol. The fraction of sp³-hybridized carbons (Fsp3) is 0.263. The number of benzene rings is 1. The molecular formula is C19H23N5O7S.